The van der Waals surface area contributed by atoms with Crippen LogP contribution in [0.2, 0.25) is 0 Å². The summed E-state index contributed by atoms with van der Waals surface area (Å²) < 4.78 is 8.03. The third-order valence-corrected chi connectivity index (χ3v) is 6.54. The first-order valence-electron chi connectivity index (χ1n) is 9.65. The number of aryl methyl sites for hydroxylation is 1. The van der Waals surface area contributed by atoms with E-state index in [2.05, 4.69) is 26.4 Å². The monoisotopic (exact) mass is 378 g/mol. The van der Waals surface area contributed by atoms with Crippen molar-refractivity contribution in [2.24, 2.45) is 18.9 Å². The number of anilines is 1. The lowest BCUT2D eigenvalue weighted by Gasteiger charge is -2.29. The van der Waals surface area contributed by atoms with E-state index in [9.17, 15) is 10.1 Å². The van der Waals surface area contributed by atoms with Gasteiger partial charge in [-0.3, -0.25) is 9.48 Å². The van der Waals surface area contributed by atoms with Crippen LogP contribution in [0.3, 0.4) is 0 Å². The number of carbonyl (C=O) groups is 1. The number of hydrogen-bond donors (Lipinski definition) is 1. The minimum Gasteiger partial charge on any atom is -0.369 e. The Balaban J connectivity index is 1.33. The van der Waals surface area contributed by atoms with Crippen LogP contribution in [0.4, 0.5) is 5.82 Å². The molecule has 8 nitrogen and oxygen atoms in total. The van der Waals surface area contributed by atoms with Crippen LogP contribution in [0.25, 0.3) is 0 Å². The molecule has 2 aromatic rings. The first kappa shape index (κ1) is 17.2. The van der Waals surface area contributed by atoms with Crippen LogP contribution in [0.5, 0.6) is 0 Å². The molecule has 1 amide bonds. The Morgan fingerprint density at radius 2 is 2.36 bits per heavy atom. The quantitative estimate of drug-likeness (QED) is 0.856. The van der Waals surface area contributed by atoms with Gasteiger partial charge in [-0.05, 0) is 31.0 Å². The zero-order valence-electron chi connectivity index (χ0n) is 15.7. The van der Waals surface area contributed by atoms with Gasteiger partial charge in [-0.2, -0.15) is 10.4 Å². The van der Waals surface area contributed by atoms with Gasteiger partial charge in [0.15, 0.2) is 0 Å². The van der Waals surface area contributed by atoms with E-state index in [1.165, 1.54) is 0 Å². The summed E-state index contributed by atoms with van der Waals surface area (Å²) in [5, 5.41) is 16.6. The van der Waals surface area contributed by atoms with Gasteiger partial charge in [0.05, 0.1) is 17.3 Å². The van der Waals surface area contributed by atoms with Crippen LogP contribution < -0.4 is 10.2 Å². The molecule has 0 radical (unpaired) electrons. The van der Waals surface area contributed by atoms with Crippen LogP contribution in [0, 0.1) is 23.2 Å². The first-order chi connectivity index (χ1) is 13.6. The molecule has 3 saturated heterocycles. The van der Waals surface area contributed by atoms with E-state index in [0.29, 0.717) is 23.7 Å². The minimum atomic E-state index is -0.184. The average Bonchev–Trinajstić information content (AvgIpc) is 3.46. The Hall–Kier alpha value is -2.92. The molecule has 3 aliphatic rings. The molecule has 2 aromatic heterocycles. The average molecular weight is 378 g/mol. The van der Waals surface area contributed by atoms with E-state index < -0.39 is 0 Å². The summed E-state index contributed by atoms with van der Waals surface area (Å²) in [5.41, 5.74) is 0.963. The van der Waals surface area contributed by atoms with E-state index in [1.54, 1.807) is 42.3 Å². The maximum atomic E-state index is 12.5. The summed E-state index contributed by atoms with van der Waals surface area (Å²) in [6, 6.07) is 7.55. The number of hydrogen-bond acceptors (Lipinski definition) is 6. The number of nitrogens with one attached hydrogen (secondary N) is 1. The fourth-order valence-corrected chi connectivity index (χ4v) is 5.26. The molecule has 1 spiro atoms. The minimum absolute atomic E-state index is 0.108. The molecule has 0 aromatic carbocycles. The van der Waals surface area contributed by atoms with E-state index in [1.807, 2.05) is 0 Å². The van der Waals surface area contributed by atoms with Gasteiger partial charge in [0.25, 0.3) is 5.91 Å². The maximum Gasteiger partial charge on any atom is 0.269 e. The van der Waals surface area contributed by atoms with Crippen molar-refractivity contribution in [2.75, 3.05) is 24.5 Å². The molecule has 4 atom stereocenters. The van der Waals surface area contributed by atoms with Crippen molar-refractivity contribution < 1.29 is 9.53 Å². The van der Waals surface area contributed by atoms with Crippen LogP contribution >= 0.6 is 0 Å². The normalized spacial score (nSPS) is 30.3. The second-order valence-corrected chi connectivity index (χ2v) is 7.95. The SMILES string of the molecule is Cn1nccc1C(=O)NC[C@H]1[C@H]2CN(c3ncccc3C#N)C[C@]23CC[C@H]1O3. The Morgan fingerprint density at radius 3 is 3.14 bits per heavy atom. The number of pyridine rings is 1. The highest BCUT2D eigenvalue weighted by atomic mass is 16.5. The van der Waals surface area contributed by atoms with Crippen LogP contribution in [0.15, 0.2) is 30.6 Å². The van der Waals surface area contributed by atoms with Gasteiger partial charge in [0.2, 0.25) is 0 Å². The van der Waals surface area contributed by atoms with Crippen molar-refractivity contribution in [3.05, 3.63) is 41.9 Å². The Labute approximate surface area is 163 Å². The number of amides is 1. The van der Waals surface area contributed by atoms with Crippen molar-refractivity contribution in [3.8, 4) is 6.07 Å². The van der Waals surface area contributed by atoms with Gasteiger partial charge in [0, 0.05) is 50.9 Å². The van der Waals surface area contributed by atoms with E-state index in [4.69, 9.17) is 4.74 Å². The lowest BCUT2D eigenvalue weighted by atomic mass is 9.73. The topological polar surface area (TPSA) is 96.1 Å². The number of ether oxygens (including phenoxy) is 1. The molecular formula is C20H22N6O2. The van der Waals surface area contributed by atoms with Crippen LogP contribution in [-0.4, -0.2) is 52.0 Å². The molecule has 0 aliphatic carbocycles. The molecule has 144 valence electrons. The Morgan fingerprint density at radius 1 is 1.46 bits per heavy atom. The highest BCUT2D eigenvalue weighted by Gasteiger charge is 2.63. The van der Waals surface area contributed by atoms with Crippen molar-refractivity contribution >= 4 is 11.7 Å². The van der Waals surface area contributed by atoms with Gasteiger partial charge in [-0.25, -0.2) is 4.98 Å². The lowest BCUT2D eigenvalue weighted by Crippen LogP contribution is -2.42. The third-order valence-electron chi connectivity index (χ3n) is 6.54. The molecule has 0 saturated carbocycles. The summed E-state index contributed by atoms with van der Waals surface area (Å²) in [6.45, 7) is 2.14. The standard InChI is InChI=1S/C20H22N6O2/c1-25-16(5-8-24-25)19(27)23-10-14-15-11-26(12-20(15)6-4-17(14)28-20)18-13(9-21)3-2-7-22-18/h2-3,5,7-8,14-15,17H,4,6,10-12H2,1H3,(H,23,27)/t14-,15+,17+,20+/m0/s1. The summed E-state index contributed by atoms with van der Waals surface area (Å²) >= 11 is 0. The van der Waals surface area contributed by atoms with Gasteiger partial charge in [-0.15, -0.1) is 0 Å². The highest BCUT2D eigenvalue weighted by Crippen LogP contribution is 2.55. The first-order valence-corrected chi connectivity index (χ1v) is 9.65. The number of aromatic nitrogens is 3. The van der Waals surface area contributed by atoms with Crippen LogP contribution in [-0.2, 0) is 11.8 Å². The Bertz CT molecular complexity index is 966. The van der Waals surface area contributed by atoms with Crippen molar-refractivity contribution in [1.82, 2.24) is 20.1 Å². The zero-order valence-corrected chi connectivity index (χ0v) is 15.7. The predicted molar refractivity (Wildman–Crippen MR) is 101 cm³/mol. The number of carbonyl (C=O) groups excluding carboxylic acids is 1. The number of nitrogens with zero attached hydrogens (tertiary/aromatic N) is 5. The maximum absolute atomic E-state index is 12.5. The fraction of sp³-hybridized carbons (Fsp3) is 0.500. The molecular weight excluding hydrogens is 356 g/mol. The van der Waals surface area contributed by atoms with E-state index in [-0.39, 0.29) is 23.5 Å². The second-order valence-electron chi connectivity index (χ2n) is 7.95. The summed E-state index contributed by atoms with van der Waals surface area (Å²) in [5.74, 6) is 1.22. The van der Waals surface area contributed by atoms with Crippen LogP contribution in [0.1, 0.15) is 28.9 Å². The number of rotatable bonds is 4. The van der Waals surface area contributed by atoms with Crippen molar-refractivity contribution in [3.63, 3.8) is 0 Å². The third kappa shape index (κ3) is 2.50. The van der Waals surface area contributed by atoms with Gasteiger partial charge < -0.3 is 15.0 Å². The molecule has 5 heterocycles. The molecule has 2 bridgehead atoms. The molecule has 3 aliphatic heterocycles. The molecule has 28 heavy (non-hydrogen) atoms. The molecule has 0 unspecified atom stereocenters. The molecule has 3 fully saturated rings. The van der Waals surface area contributed by atoms with Crippen molar-refractivity contribution in [1.29, 1.82) is 5.26 Å². The molecule has 8 heteroatoms. The lowest BCUT2D eigenvalue weighted by molar-refractivity contribution is 0.0141. The van der Waals surface area contributed by atoms with Crippen molar-refractivity contribution in [2.45, 2.75) is 24.5 Å². The van der Waals surface area contributed by atoms with E-state index in [0.717, 1.165) is 31.7 Å². The molecule has 1 N–H and O–H groups in total. The fourth-order valence-electron chi connectivity index (χ4n) is 5.26. The largest absolute Gasteiger partial charge is 0.369 e. The highest BCUT2D eigenvalue weighted by molar-refractivity contribution is 5.92. The smallest absolute Gasteiger partial charge is 0.269 e. The Kier molecular flexibility index (Phi) is 3.88. The number of nitriles is 1. The van der Waals surface area contributed by atoms with E-state index >= 15 is 0 Å². The zero-order chi connectivity index (χ0) is 19.3. The van der Waals surface area contributed by atoms with Gasteiger partial charge in [-0.1, -0.05) is 0 Å². The summed E-state index contributed by atoms with van der Waals surface area (Å²) in [7, 11) is 1.76. The summed E-state index contributed by atoms with van der Waals surface area (Å²) in [6.07, 6.45) is 5.59. The van der Waals surface area contributed by atoms with Gasteiger partial charge >= 0.3 is 0 Å². The molecule has 5 rings (SSSR count). The summed E-state index contributed by atoms with van der Waals surface area (Å²) in [4.78, 5) is 19.1. The second kappa shape index (κ2) is 6.31. The predicted octanol–water partition coefficient (Wildman–Crippen LogP) is 1.10. The number of fused-ring (bicyclic) bond motifs is 1. The van der Waals surface area contributed by atoms with Gasteiger partial charge in [0.1, 0.15) is 17.6 Å².